The van der Waals surface area contributed by atoms with E-state index in [1.807, 2.05) is 6.92 Å². The predicted octanol–water partition coefficient (Wildman–Crippen LogP) is 3.59. The summed E-state index contributed by atoms with van der Waals surface area (Å²) in [6.45, 7) is 6.24. The molecule has 0 aromatic heterocycles. The number of allylic oxidation sites excluding steroid dienone is 2. The van der Waals surface area contributed by atoms with E-state index >= 15 is 0 Å². The Labute approximate surface area is 88.5 Å². The van der Waals surface area contributed by atoms with Crippen molar-refractivity contribution in [2.75, 3.05) is 0 Å². The molecule has 14 heavy (non-hydrogen) atoms. The highest BCUT2D eigenvalue weighted by Gasteiger charge is 2.05. The topological polar surface area (TPSA) is 9.23 Å². The van der Waals surface area contributed by atoms with Crippen LogP contribution in [-0.4, -0.2) is 0 Å². The summed E-state index contributed by atoms with van der Waals surface area (Å²) in [5, 5.41) is 0. The molecular formula is C12H17OP. The van der Waals surface area contributed by atoms with Crippen LogP contribution in [0.4, 0.5) is 0 Å². The van der Waals surface area contributed by atoms with E-state index in [0.29, 0.717) is 0 Å². The average Bonchev–Trinajstić information content (AvgIpc) is 2.15. The zero-order valence-electron chi connectivity index (χ0n) is 9.00. The van der Waals surface area contributed by atoms with Gasteiger partial charge in [0.15, 0.2) is 0 Å². The van der Waals surface area contributed by atoms with Crippen molar-refractivity contribution in [3.05, 3.63) is 41.0 Å². The van der Waals surface area contributed by atoms with Crippen LogP contribution in [0.3, 0.4) is 0 Å². The van der Waals surface area contributed by atoms with Gasteiger partial charge >= 0.3 is 0 Å². The van der Waals surface area contributed by atoms with Crippen molar-refractivity contribution in [1.29, 1.82) is 0 Å². The monoisotopic (exact) mass is 208 g/mol. The smallest absolute Gasteiger partial charge is 0.126 e. The molecule has 1 unspecified atom stereocenters. The summed E-state index contributed by atoms with van der Waals surface area (Å²) in [5.41, 5.74) is 3.80. The molecule has 0 saturated heterocycles. The van der Waals surface area contributed by atoms with Gasteiger partial charge in [-0.2, -0.15) is 0 Å². The van der Waals surface area contributed by atoms with Crippen LogP contribution >= 0.6 is 9.47 Å². The predicted molar refractivity (Wildman–Crippen MR) is 64.8 cm³/mol. The van der Waals surface area contributed by atoms with Gasteiger partial charge < -0.3 is 4.52 Å². The maximum Gasteiger partial charge on any atom is 0.126 e. The zero-order valence-corrected chi connectivity index (χ0v) is 10.2. The van der Waals surface area contributed by atoms with Crippen molar-refractivity contribution < 1.29 is 4.52 Å². The first-order valence-corrected chi connectivity index (χ1v) is 5.24. The van der Waals surface area contributed by atoms with E-state index in [9.17, 15) is 0 Å². The van der Waals surface area contributed by atoms with Crippen LogP contribution in [0.2, 0.25) is 0 Å². The second kappa shape index (κ2) is 5.17. The lowest BCUT2D eigenvalue weighted by atomic mass is 10.0. The third-order valence-corrected chi connectivity index (χ3v) is 2.51. The third kappa shape index (κ3) is 2.59. The Bertz CT molecular complexity index is 342. The normalized spacial score (nSPS) is 10.9. The third-order valence-electron chi connectivity index (χ3n) is 2.26. The number of aryl methyl sites for hydroxylation is 2. The van der Waals surface area contributed by atoms with Gasteiger partial charge in [-0.15, -0.1) is 0 Å². The first-order chi connectivity index (χ1) is 6.69. The minimum Gasteiger partial charge on any atom is -0.480 e. The van der Waals surface area contributed by atoms with Gasteiger partial charge in [0.25, 0.3) is 0 Å². The van der Waals surface area contributed by atoms with Gasteiger partial charge in [0.05, 0.1) is 9.47 Å². The van der Waals surface area contributed by atoms with Gasteiger partial charge in [0.1, 0.15) is 5.75 Å². The Hall–Kier alpha value is -0.810. The van der Waals surface area contributed by atoms with E-state index in [4.69, 9.17) is 4.52 Å². The van der Waals surface area contributed by atoms with Crippen LogP contribution in [-0.2, 0) is 6.42 Å². The lowest BCUT2D eigenvalue weighted by Crippen LogP contribution is -1.92. The van der Waals surface area contributed by atoms with Crippen LogP contribution in [0.25, 0.3) is 0 Å². The Balaban J connectivity index is 3.11. The molecule has 1 rings (SSSR count). The van der Waals surface area contributed by atoms with E-state index in [1.165, 1.54) is 16.7 Å². The van der Waals surface area contributed by atoms with Crippen molar-refractivity contribution in [3.8, 4) is 5.75 Å². The van der Waals surface area contributed by atoms with Crippen molar-refractivity contribution >= 4 is 9.47 Å². The van der Waals surface area contributed by atoms with E-state index in [-0.39, 0.29) is 0 Å². The molecular weight excluding hydrogens is 191 g/mol. The molecule has 0 aliphatic heterocycles. The average molecular weight is 208 g/mol. The molecule has 0 N–H and O–H groups in total. The molecule has 0 aliphatic carbocycles. The molecule has 0 heterocycles. The largest absolute Gasteiger partial charge is 0.480 e. The van der Waals surface area contributed by atoms with E-state index in [0.717, 1.165) is 12.2 Å². The number of rotatable bonds is 3. The Morgan fingerprint density at radius 3 is 2.64 bits per heavy atom. The number of benzene rings is 1. The van der Waals surface area contributed by atoms with Crippen LogP contribution < -0.4 is 4.52 Å². The molecule has 0 radical (unpaired) electrons. The van der Waals surface area contributed by atoms with Crippen LogP contribution in [0.15, 0.2) is 24.3 Å². The quantitative estimate of drug-likeness (QED) is 0.545. The highest BCUT2D eigenvalue weighted by Crippen LogP contribution is 2.26. The lowest BCUT2D eigenvalue weighted by Gasteiger charge is -2.10. The van der Waals surface area contributed by atoms with E-state index < -0.39 is 0 Å². The van der Waals surface area contributed by atoms with Crippen molar-refractivity contribution in [2.24, 2.45) is 0 Å². The number of hydrogen-bond acceptors (Lipinski definition) is 1. The summed E-state index contributed by atoms with van der Waals surface area (Å²) in [4.78, 5) is 0. The van der Waals surface area contributed by atoms with Gasteiger partial charge in [0.2, 0.25) is 0 Å². The second-order valence-electron chi connectivity index (χ2n) is 3.45. The fourth-order valence-electron chi connectivity index (χ4n) is 1.56. The summed E-state index contributed by atoms with van der Waals surface area (Å²) in [6.07, 6.45) is 5.14. The van der Waals surface area contributed by atoms with Crippen molar-refractivity contribution in [1.82, 2.24) is 0 Å². The molecule has 76 valence electrons. The maximum absolute atomic E-state index is 5.29. The first-order valence-electron chi connectivity index (χ1n) is 4.77. The lowest BCUT2D eigenvalue weighted by molar-refractivity contribution is 0.635. The van der Waals surface area contributed by atoms with Gasteiger partial charge in [0, 0.05) is 5.56 Å². The second-order valence-corrected chi connectivity index (χ2v) is 3.69. The minimum atomic E-state index is 0.937. The highest BCUT2D eigenvalue weighted by molar-refractivity contribution is 7.10. The molecule has 0 spiro atoms. The van der Waals surface area contributed by atoms with Gasteiger partial charge in [-0.3, -0.25) is 0 Å². The number of hydrogen-bond donors (Lipinski definition) is 0. The molecule has 1 aromatic carbocycles. The van der Waals surface area contributed by atoms with Gasteiger partial charge in [-0.05, 0) is 44.4 Å². The fraction of sp³-hybridized carbons (Fsp3) is 0.333. The molecule has 1 atom stereocenters. The van der Waals surface area contributed by atoms with Crippen molar-refractivity contribution in [2.45, 2.75) is 27.2 Å². The SMILES string of the molecule is C/C=C\Cc1c(C)cc(C)cc1OP. The first kappa shape index (κ1) is 11.3. The fourth-order valence-corrected chi connectivity index (χ4v) is 1.77. The van der Waals surface area contributed by atoms with Gasteiger partial charge in [-0.1, -0.05) is 18.2 Å². The molecule has 2 heteroatoms. The molecule has 0 amide bonds. The summed E-state index contributed by atoms with van der Waals surface area (Å²) < 4.78 is 5.29. The Morgan fingerprint density at radius 2 is 2.07 bits per heavy atom. The summed E-state index contributed by atoms with van der Waals surface area (Å²) in [7, 11) is 2.31. The van der Waals surface area contributed by atoms with Crippen LogP contribution in [0.1, 0.15) is 23.6 Å². The van der Waals surface area contributed by atoms with Gasteiger partial charge in [-0.25, -0.2) is 0 Å². The summed E-state index contributed by atoms with van der Waals surface area (Å²) in [6, 6.07) is 4.25. The molecule has 1 aromatic rings. The molecule has 0 fully saturated rings. The minimum absolute atomic E-state index is 0.937. The maximum atomic E-state index is 5.29. The molecule has 0 aliphatic rings. The zero-order chi connectivity index (χ0) is 10.6. The molecule has 1 nitrogen and oxygen atoms in total. The van der Waals surface area contributed by atoms with E-state index in [1.54, 1.807) is 0 Å². The Kier molecular flexibility index (Phi) is 4.16. The highest BCUT2D eigenvalue weighted by atomic mass is 31.0. The Morgan fingerprint density at radius 1 is 1.36 bits per heavy atom. The molecule has 0 saturated carbocycles. The van der Waals surface area contributed by atoms with Crippen LogP contribution in [0, 0.1) is 13.8 Å². The van der Waals surface area contributed by atoms with E-state index in [2.05, 4.69) is 47.6 Å². The van der Waals surface area contributed by atoms with Crippen molar-refractivity contribution in [3.63, 3.8) is 0 Å². The molecule has 0 bridgehead atoms. The summed E-state index contributed by atoms with van der Waals surface area (Å²) >= 11 is 0. The summed E-state index contributed by atoms with van der Waals surface area (Å²) in [5.74, 6) is 0.964. The standard InChI is InChI=1S/C12H17OP/c1-4-5-6-11-10(3)7-9(2)8-12(11)13-14/h4-5,7-8H,6,14H2,1-3H3/b5-4-. The van der Waals surface area contributed by atoms with Crippen LogP contribution in [0.5, 0.6) is 5.75 Å².